The van der Waals surface area contributed by atoms with Crippen LogP contribution < -0.4 is 10.2 Å². The highest BCUT2D eigenvalue weighted by atomic mass is 32.2. The van der Waals surface area contributed by atoms with E-state index in [1.165, 1.54) is 11.3 Å². The lowest BCUT2D eigenvalue weighted by molar-refractivity contribution is -0.115. The summed E-state index contributed by atoms with van der Waals surface area (Å²) in [4.78, 5) is 32.9. The van der Waals surface area contributed by atoms with E-state index in [0.29, 0.717) is 11.4 Å². The first-order chi connectivity index (χ1) is 15.0. The maximum Gasteiger partial charge on any atom is 0.290 e. The van der Waals surface area contributed by atoms with Gasteiger partial charge in [-0.25, -0.2) is 4.98 Å². The summed E-state index contributed by atoms with van der Waals surface area (Å²) >= 11 is 0.928. The quantitative estimate of drug-likeness (QED) is 0.638. The zero-order valence-corrected chi connectivity index (χ0v) is 18.1. The number of hydrogen-bond acceptors (Lipinski definition) is 6. The first-order valence-corrected chi connectivity index (χ1v) is 11.1. The van der Waals surface area contributed by atoms with E-state index in [4.69, 9.17) is 0 Å². The number of amides is 2. The third-order valence-corrected chi connectivity index (χ3v) is 6.55. The van der Waals surface area contributed by atoms with Crippen LogP contribution in [0.1, 0.15) is 11.1 Å². The van der Waals surface area contributed by atoms with Gasteiger partial charge in [0.2, 0.25) is 0 Å². The predicted molar refractivity (Wildman–Crippen MR) is 124 cm³/mol. The number of carbonyl (C=O) groups is 2. The monoisotopic (exact) mass is 433 g/mol. The number of imidazole rings is 1. The Hall–Kier alpha value is -3.10. The second kappa shape index (κ2) is 8.20. The third kappa shape index (κ3) is 4.22. The molecule has 3 heterocycles. The molecule has 2 aromatic carbocycles. The molecule has 0 spiro atoms. The number of aromatic nitrogens is 2. The molecule has 2 aliphatic heterocycles. The van der Waals surface area contributed by atoms with Gasteiger partial charge in [-0.15, -0.1) is 0 Å². The summed E-state index contributed by atoms with van der Waals surface area (Å²) < 4.78 is 2.11. The van der Waals surface area contributed by atoms with Gasteiger partial charge >= 0.3 is 0 Å². The van der Waals surface area contributed by atoms with E-state index in [9.17, 15) is 9.59 Å². The molecule has 2 saturated heterocycles. The summed E-state index contributed by atoms with van der Waals surface area (Å²) in [6.07, 6.45) is 3.59. The Kier molecular flexibility index (Phi) is 5.25. The SMILES string of the molecule is CN1CCN(c2ccc(Cn3cnc4ccc(/C=C5\SC(=O)NC5=O)cc43)cc2)CC1. The maximum atomic E-state index is 11.8. The number of piperazine rings is 1. The van der Waals surface area contributed by atoms with Crippen LogP contribution >= 0.6 is 11.8 Å². The van der Waals surface area contributed by atoms with Crippen molar-refractivity contribution in [3.8, 4) is 0 Å². The van der Waals surface area contributed by atoms with Gasteiger partial charge in [-0.1, -0.05) is 18.2 Å². The van der Waals surface area contributed by atoms with E-state index in [1.807, 2.05) is 24.5 Å². The molecule has 1 aromatic heterocycles. The van der Waals surface area contributed by atoms with Gasteiger partial charge in [0.25, 0.3) is 11.1 Å². The number of imide groups is 1. The second-order valence-corrected chi connectivity index (χ2v) is 8.94. The first-order valence-electron chi connectivity index (χ1n) is 10.3. The molecule has 2 amide bonds. The summed E-state index contributed by atoms with van der Waals surface area (Å²) in [5.41, 5.74) is 5.23. The molecule has 5 rings (SSSR count). The maximum absolute atomic E-state index is 11.8. The van der Waals surface area contributed by atoms with Crippen LogP contribution in [0.3, 0.4) is 0 Å². The fourth-order valence-electron chi connectivity index (χ4n) is 3.94. The van der Waals surface area contributed by atoms with Crippen LogP contribution in [0.2, 0.25) is 0 Å². The van der Waals surface area contributed by atoms with Gasteiger partial charge in [0.1, 0.15) is 0 Å². The summed E-state index contributed by atoms with van der Waals surface area (Å²) in [6.45, 7) is 5.02. The number of benzene rings is 2. The topological polar surface area (TPSA) is 70.5 Å². The molecule has 0 aliphatic carbocycles. The lowest BCUT2D eigenvalue weighted by Crippen LogP contribution is -2.44. The highest BCUT2D eigenvalue weighted by Gasteiger charge is 2.25. The molecular formula is C23H23N5O2S. The van der Waals surface area contributed by atoms with Crippen molar-refractivity contribution in [2.24, 2.45) is 0 Å². The summed E-state index contributed by atoms with van der Waals surface area (Å²) in [7, 11) is 2.17. The number of carbonyl (C=O) groups excluding carboxylic acids is 2. The Morgan fingerprint density at radius 2 is 1.84 bits per heavy atom. The fraction of sp³-hybridized carbons (Fsp3) is 0.261. The molecule has 0 atom stereocenters. The summed E-state index contributed by atoms with van der Waals surface area (Å²) in [5, 5.41) is 1.96. The Balaban J connectivity index is 1.35. The van der Waals surface area contributed by atoms with E-state index < -0.39 is 0 Å². The summed E-state index contributed by atoms with van der Waals surface area (Å²) in [6, 6.07) is 14.6. The fourth-order valence-corrected chi connectivity index (χ4v) is 4.62. The Morgan fingerprint density at radius 1 is 1.06 bits per heavy atom. The molecular weight excluding hydrogens is 410 g/mol. The van der Waals surface area contributed by atoms with E-state index >= 15 is 0 Å². The lowest BCUT2D eigenvalue weighted by Gasteiger charge is -2.34. The number of likely N-dealkylation sites (N-methyl/N-ethyl adjacent to an activating group) is 1. The third-order valence-electron chi connectivity index (χ3n) is 5.74. The number of nitrogens with one attached hydrogen (secondary N) is 1. The van der Waals surface area contributed by atoms with Gasteiger partial charge in [-0.2, -0.15) is 0 Å². The molecule has 158 valence electrons. The van der Waals surface area contributed by atoms with E-state index in [-0.39, 0.29) is 11.1 Å². The number of rotatable bonds is 4. The zero-order chi connectivity index (χ0) is 21.4. The van der Waals surface area contributed by atoms with Gasteiger partial charge in [-0.05, 0) is 60.3 Å². The average Bonchev–Trinajstić information content (AvgIpc) is 3.31. The summed E-state index contributed by atoms with van der Waals surface area (Å²) in [5.74, 6) is -0.343. The van der Waals surface area contributed by atoms with E-state index in [2.05, 4.69) is 56.0 Å². The van der Waals surface area contributed by atoms with Crippen molar-refractivity contribution in [3.05, 3.63) is 64.8 Å². The van der Waals surface area contributed by atoms with Crippen LogP contribution in [-0.2, 0) is 11.3 Å². The van der Waals surface area contributed by atoms with Crippen LogP contribution in [0, 0.1) is 0 Å². The molecule has 0 bridgehead atoms. The standard InChI is InChI=1S/C23H23N5O2S/c1-26-8-10-27(11-9-26)18-5-2-16(3-6-18)14-28-15-24-19-7-4-17(12-20(19)28)13-21-22(29)25-23(30)31-21/h2-7,12-13,15H,8-11,14H2,1H3,(H,25,29,30)/b21-13-. The van der Waals surface area contributed by atoms with Crippen molar-refractivity contribution in [2.75, 3.05) is 38.1 Å². The number of thioether (sulfide) groups is 1. The molecule has 0 radical (unpaired) electrons. The number of anilines is 1. The minimum Gasteiger partial charge on any atom is -0.369 e. The highest BCUT2D eigenvalue weighted by Crippen LogP contribution is 2.27. The predicted octanol–water partition coefficient (Wildman–Crippen LogP) is 3.16. The van der Waals surface area contributed by atoms with Crippen LogP contribution in [0.25, 0.3) is 17.1 Å². The molecule has 3 aromatic rings. The average molecular weight is 434 g/mol. The molecule has 2 fully saturated rings. The molecule has 31 heavy (non-hydrogen) atoms. The molecule has 2 aliphatic rings. The van der Waals surface area contributed by atoms with Crippen molar-refractivity contribution >= 4 is 45.7 Å². The zero-order valence-electron chi connectivity index (χ0n) is 17.2. The number of fused-ring (bicyclic) bond motifs is 1. The molecule has 8 heteroatoms. The van der Waals surface area contributed by atoms with Crippen LogP contribution in [0.15, 0.2) is 53.7 Å². The highest BCUT2D eigenvalue weighted by molar-refractivity contribution is 8.18. The molecule has 7 nitrogen and oxygen atoms in total. The normalized spacial score (nSPS) is 18.9. The van der Waals surface area contributed by atoms with Gasteiger partial charge in [0, 0.05) is 38.4 Å². The van der Waals surface area contributed by atoms with Gasteiger partial charge in [-0.3, -0.25) is 14.9 Å². The first kappa shape index (κ1) is 19.8. The Bertz CT molecular complexity index is 1180. The van der Waals surface area contributed by atoms with Gasteiger partial charge in [0.15, 0.2) is 0 Å². The van der Waals surface area contributed by atoms with Crippen molar-refractivity contribution in [1.82, 2.24) is 19.8 Å². The minimum atomic E-state index is -0.343. The van der Waals surface area contributed by atoms with E-state index in [1.54, 1.807) is 6.08 Å². The van der Waals surface area contributed by atoms with Crippen molar-refractivity contribution in [3.63, 3.8) is 0 Å². The van der Waals surface area contributed by atoms with E-state index in [0.717, 1.165) is 54.5 Å². The molecule has 0 saturated carbocycles. The lowest BCUT2D eigenvalue weighted by atomic mass is 10.1. The van der Waals surface area contributed by atoms with Crippen molar-refractivity contribution in [1.29, 1.82) is 0 Å². The second-order valence-electron chi connectivity index (χ2n) is 7.93. The largest absolute Gasteiger partial charge is 0.369 e. The van der Waals surface area contributed by atoms with Crippen LogP contribution in [-0.4, -0.2) is 58.8 Å². The molecule has 0 unspecified atom stereocenters. The van der Waals surface area contributed by atoms with Gasteiger partial charge in [0.05, 0.1) is 22.3 Å². The van der Waals surface area contributed by atoms with Crippen LogP contribution in [0.4, 0.5) is 10.5 Å². The number of hydrogen-bond donors (Lipinski definition) is 1. The van der Waals surface area contributed by atoms with Crippen molar-refractivity contribution < 1.29 is 9.59 Å². The van der Waals surface area contributed by atoms with Crippen LogP contribution in [0.5, 0.6) is 0 Å². The van der Waals surface area contributed by atoms with Gasteiger partial charge < -0.3 is 14.4 Å². The Labute approximate surface area is 184 Å². The minimum absolute atomic E-state index is 0.331. The van der Waals surface area contributed by atoms with Crippen molar-refractivity contribution in [2.45, 2.75) is 6.54 Å². The molecule has 1 N–H and O–H groups in total. The number of nitrogens with zero attached hydrogens (tertiary/aromatic N) is 4. The Morgan fingerprint density at radius 3 is 2.55 bits per heavy atom. The smallest absolute Gasteiger partial charge is 0.290 e.